The zero-order valence-corrected chi connectivity index (χ0v) is 21.9. The Morgan fingerprint density at radius 2 is 1.68 bits per heavy atom. The number of amides is 2. The van der Waals surface area contributed by atoms with Crippen LogP contribution in [-0.4, -0.2) is 47.0 Å². The van der Waals surface area contributed by atoms with Crippen LogP contribution < -0.4 is 14.8 Å². The third-order valence-corrected chi connectivity index (χ3v) is 7.10. The minimum atomic E-state index is -0.668. The minimum absolute atomic E-state index is 0.0378. The summed E-state index contributed by atoms with van der Waals surface area (Å²) >= 11 is 0. The van der Waals surface area contributed by atoms with Crippen molar-refractivity contribution in [3.8, 4) is 11.5 Å². The summed E-state index contributed by atoms with van der Waals surface area (Å²) in [4.78, 5) is 33.7. The molecule has 0 saturated heterocycles. The molecule has 0 radical (unpaired) electrons. The summed E-state index contributed by atoms with van der Waals surface area (Å²) in [5, 5.41) is 3.00. The molecule has 38 heavy (non-hydrogen) atoms. The van der Waals surface area contributed by atoms with Crippen molar-refractivity contribution in [3.63, 3.8) is 0 Å². The van der Waals surface area contributed by atoms with E-state index in [9.17, 15) is 9.59 Å². The van der Waals surface area contributed by atoms with E-state index in [0.717, 1.165) is 28.0 Å². The average Bonchev–Trinajstić information content (AvgIpc) is 3.33. The van der Waals surface area contributed by atoms with Crippen LogP contribution in [0.25, 0.3) is 11.0 Å². The van der Waals surface area contributed by atoms with E-state index in [1.807, 2.05) is 89.2 Å². The van der Waals surface area contributed by atoms with Crippen molar-refractivity contribution < 1.29 is 19.1 Å². The van der Waals surface area contributed by atoms with E-state index in [1.165, 1.54) is 0 Å². The molecule has 2 unspecified atom stereocenters. The Balaban J connectivity index is 1.35. The second kappa shape index (κ2) is 11.0. The Kier molecular flexibility index (Phi) is 7.31. The maximum absolute atomic E-state index is 13.9. The number of benzene rings is 3. The van der Waals surface area contributed by atoms with Crippen molar-refractivity contribution in [1.29, 1.82) is 0 Å². The molecule has 2 atom stereocenters. The number of methoxy groups -OCH3 is 2. The molecule has 8 heteroatoms. The fourth-order valence-electron chi connectivity index (χ4n) is 5.12. The monoisotopic (exact) mass is 512 g/mol. The van der Waals surface area contributed by atoms with Crippen LogP contribution in [0.2, 0.25) is 0 Å². The van der Waals surface area contributed by atoms with E-state index in [0.29, 0.717) is 31.0 Å². The first-order chi connectivity index (χ1) is 18.5. The van der Waals surface area contributed by atoms with Gasteiger partial charge in [-0.05, 0) is 48.7 Å². The highest BCUT2D eigenvalue weighted by molar-refractivity contribution is 5.90. The van der Waals surface area contributed by atoms with Gasteiger partial charge in [0.2, 0.25) is 11.8 Å². The molecule has 4 aromatic rings. The number of imidazole rings is 1. The van der Waals surface area contributed by atoms with Crippen LogP contribution in [0, 0.1) is 0 Å². The molecule has 3 aromatic carbocycles. The van der Waals surface area contributed by atoms with E-state index in [4.69, 9.17) is 14.5 Å². The highest BCUT2D eigenvalue weighted by Gasteiger charge is 2.40. The molecule has 0 bridgehead atoms. The Labute approximate surface area is 222 Å². The molecule has 1 aliphatic rings. The number of rotatable bonds is 9. The summed E-state index contributed by atoms with van der Waals surface area (Å²) in [6.45, 7) is 2.90. The van der Waals surface area contributed by atoms with Gasteiger partial charge in [-0.25, -0.2) is 4.98 Å². The number of carbonyl (C=O) groups is 2. The predicted octanol–water partition coefficient (Wildman–Crippen LogP) is 4.45. The number of fused-ring (bicyclic) bond motifs is 3. The fraction of sp³-hybridized carbons (Fsp3) is 0.300. The van der Waals surface area contributed by atoms with Gasteiger partial charge in [-0.2, -0.15) is 0 Å². The number of hydrogen-bond donors (Lipinski definition) is 1. The van der Waals surface area contributed by atoms with E-state index < -0.39 is 6.04 Å². The highest BCUT2D eigenvalue weighted by atomic mass is 16.5. The Morgan fingerprint density at radius 3 is 2.45 bits per heavy atom. The van der Waals surface area contributed by atoms with Crippen LogP contribution in [0.1, 0.15) is 42.4 Å². The number of para-hydroxylation sites is 2. The normalized spacial score (nSPS) is 16.8. The second-order valence-electron chi connectivity index (χ2n) is 9.47. The third-order valence-electron chi connectivity index (χ3n) is 7.10. The van der Waals surface area contributed by atoms with Crippen LogP contribution >= 0.6 is 0 Å². The summed E-state index contributed by atoms with van der Waals surface area (Å²) in [5.41, 5.74) is 3.74. The van der Waals surface area contributed by atoms with Crippen molar-refractivity contribution in [2.75, 3.05) is 20.8 Å². The number of hydrogen-bond acceptors (Lipinski definition) is 5. The quantitative estimate of drug-likeness (QED) is 0.358. The maximum atomic E-state index is 13.9. The number of nitrogens with zero attached hydrogens (tertiary/aromatic N) is 3. The van der Waals surface area contributed by atoms with Gasteiger partial charge in [0.05, 0.1) is 37.7 Å². The lowest BCUT2D eigenvalue weighted by atomic mass is 10.0. The summed E-state index contributed by atoms with van der Waals surface area (Å²) in [7, 11) is 3.20. The van der Waals surface area contributed by atoms with E-state index in [2.05, 4.69) is 5.32 Å². The van der Waals surface area contributed by atoms with Crippen LogP contribution in [0.5, 0.6) is 11.5 Å². The molecule has 0 spiro atoms. The molecule has 8 nitrogen and oxygen atoms in total. The topological polar surface area (TPSA) is 85.7 Å². The van der Waals surface area contributed by atoms with Gasteiger partial charge in [0.1, 0.15) is 11.9 Å². The lowest BCUT2D eigenvalue weighted by Crippen LogP contribution is -2.46. The zero-order chi connectivity index (χ0) is 26.6. The Hall–Kier alpha value is -4.33. The molecular formula is C30H32N4O4. The first kappa shape index (κ1) is 25.3. The van der Waals surface area contributed by atoms with Crippen molar-refractivity contribution >= 4 is 22.8 Å². The van der Waals surface area contributed by atoms with Gasteiger partial charge < -0.3 is 24.3 Å². The smallest absolute Gasteiger partial charge is 0.247 e. The molecule has 0 saturated carbocycles. The largest absolute Gasteiger partial charge is 0.493 e. The molecule has 1 aliphatic heterocycles. The van der Waals surface area contributed by atoms with Crippen molar-refractivity contribution in [2.45, 2.75) is 38.4 Å². The first-order valence-electron chi connectivity index (χ1n) is 12.8. The number of carbonyl (C=O) groups excluding carboxylic acids is 2. The van der Waals surface area contributed by atoms with Crippen LogP contribution in [0.15, 0.2) is 72.8 Å². The summed E-state index contributed by atoms with van der Waals surface area (Å²) in [5.74, 6) is 1.85. The van der Waals surface area contributed by atoms with Gasteiger partial charge in [-0.15, -0.1) is 0 Å². The number of aromatic nitrogens is 2. The minimum Gasteiger partial charge on any atom is -0.493 e. The van der Waals surface area contributed by atoms with Gasteiger partial charge in [-0.3, -0.25) is 9.59 Å². The number of nitrogens with one attached hydrogen (secondary N) is 1. The van der Waals surface area contributed by atoms with E-state index >= 15 is 0 Å². The SMILES string of the molecule is COc1ccc(CCNC(=O)CC2C(=O)N(Cc3ccccc3)C(C)c3nc4ccccc4n32)cc1OC. The molecule has 0 aliphatic carbocycles. The van der Waals surface area contributed by atoms with Gasteiger partial charge in [0.25, 0.3) is 0 Å². The van der Waals surface area contributed by atoms with Crippen LogP contribution in [0.3, 0.4) is 0 Å². The third kappa shape index (κ3) is 4.94. The van der Waals surface area contributed by atoms with Gasteiger partial charge >= 0.3 is 0 Å². The Morgan fingerprint density at radius 1 is 0.947 bits per heavy atom. The number of ether oxygens (including phenoxy) is 2. The molecule has 5 rings (SSSR count). The summed E-state index contributed by atoms with van der Waals surface area (Å²) in [6, 6.07) is 22.5. The molecule has 2 heterocycles. The highest BCUT2D eigenvalue weighted by Crippen LogP contribution is 2.37. The van der Waals surface area contributed by atoms with Crippen LogP contribution in [0.4, 0.5) is 0 Å². The van der Waals surface area contributed by atoms with Crippen LogP contribution in [-0.2, 0) is 22.6 Å². The lowest BCUT2D eigenvalue weighted by Gasteiger charge is -2.38. The lowest BCUT2D eigenvalue weighted by molar-refractivity contribution is -0.142. The first-order valence-corrected chi connectivity index (χ1v) is 12.8. The van der Waals surface area contributed by atoms with Crippen molar-refractivity contribution in [1.82, 2.24) is 19.8 Å². The van der Waals surface area contributed by atoms with Gasteiger partial charge in [0, 0.05) is 13.1 Å². The average molecular weight is 513 g/mol. The van der Waals surface area contributed by atoms with E-state index in [-0.39, 0.29) is 24.3 Å². The van der Waals surface area contributed by atoms with Gasteiger partial charge in [0.15, 0.2) is 11.5 Å². The van der Waals surface area contributed by atoms with Crippen molar-refractivity contribution in [3.05, 3.63) is 89.7 Å². The molecule has 1 N–H and O–H groups in total. The predicted molar refractivity (Wildman–Crippen MR) is 145 cm³/mol. The molecular weight excluding hydrogens is 480 g/mol. The van der Waals surface area contributed by atoms with E-state index in [1.54, 1.807) is 14.2 Å². The molecule has 0 fully saturated rings. The molecule has 196 valence electrons. The standard InChI is InChI=1S/C30H32N4O4/c1-20-29-32-23-11-7-8-12-24(23)34(29)25(30(36)33(20)19-22-9-5-4-6-10-22)18-28(35)31-16-15-21-13-14-26(37-2)27(17-21)38-3/h4-14,17,20,25H,15-16,18-19H2,1-3H3,(H,31,35). The fourth-order valence-corrected chi connectivity index (χ4v) is 5.12. The maximum Gasteiger partial charge on any atom is 0.247 e. The zero-order valence-electron chi connectivity index (χ0n) is 21.9. The second-order valence-corrected chi connectivity index (χ2v) is 9.47. The summed E-state index contributed by atoms with van der Waals surface area (Å²) < 4.78 is 12.6. The van der Waals surface area contributed by atoms with Crippen molar-refractivity contribution in [2.24, 2.45) is 0 Å². The molecule has 2 amide bonds. The summed E-state index contributed by atoms with van der Waals surface area (Å²) in [6.07, 6.45) is 0.664. The molecule has 1 aromatic heterocycles. The van der Waals surface area contributed by atoms with Gasteiger partial charge in [-0.1, -0.05) is 48.5 Å². The Bertz CT molecular complexity index is 1450.